The minimum absolute atomic E-state index is 0.275. The normalized spacial score (nSPS) is 26.9. The highest BCUT2D eigenvalue weighted by Gasteiger charge is 2.46. The third-order valence-corrected chi connectivity index (χ3v) is 15.5. The lowest BCUT2D eigenvalue weighted by atomic mass is 9.65. The summed E-state index contributed by atoms with van der Waals surface area (Å²) in [5.74, 6) is 2.59. The lowest BCUT2D eigenvalue weighted by Gasteiger charge is -2.54. The summed E-state index contributed by atoms with van der Waals surface area (Å²) in [6.45, 7) is 51.3. The van der Waals surface area contributed by atoms with Crippen molar-refractivity contribution in [1.82, 2.24) is 29.4 Å². The lowest BCUT2D eigenvalue weighted by Crippen LogP contribution is -2.60. The second-order valence-electron chi connectivity index (χ2n) is 22.8. The molecule has 5 saturated heterocycles. The summed E-state index contributed by atoms with van der Waals surface area (Å²) >= 11 is 0. The minimum Gasteiger partial charge on any atom is -0.302 e. The summed E-state index contributed by atoms with van der Waals surface area (Å²) in [6.07, 6.45) is 9.45. The van der Waals surface area contributed by atoms with Crippen LogP contribution in [-0.2, 0) is 0 Å². The Morgan fingerprint density at radius 1 is 0.420 bits per heavy atom. The van der Waals surface area contributed by atoms with Crippen molar-refractivity contribution in [2.24, 2.45) is 28.6 Å². The fraction of sp³-hybridized carbons (Fsp3) is 1.00. The first-order valence-corrected chi connectivity index (χ1v) is 21.4. The number of nitrogens with zero attached hydrogens (tertiary/aromatic N) is 6. The molecule has 0 radical (unpaired) electrons. The average Bonchev–Trinajstić information content (AvgIpc) is 3.45. The van der Waals surface area contributed by atoms with Crippen molar-refractivity contribution in [3.8, 4) is 0 Å². The van der Waals surface area contributed by atoms with Crippen LogP contribution in [0.4, 0.5) is 0 Å². The van der Waals surface area contributed by atoms with Crippen molar-refractivity contribution >= 4 is 0 Å². The summed E-state index contributed by atoms with van der Waals surface area (Å²) in [6, 6.07) is 0.827. The monoisotopic (exact) mass is 699 g/mol. The number of rotatable bonds is 13. The zero-order valence-corrected chi connectivity index (χ0v) is 36.1. The molecule has 0 bridgehead atoms. The van der Waals surface area contributed by atoms with Crippen molar-refractivity contribution in [2.45, 2.75) is 170 Å². The SMILES string of the molecule is CC(C)(CCC(C)(C)C1CN(C2CCN(C(C)(C)C)CC2)C1)C1CN(C[C@@H]2CCN(C(C)(C)CCC(C)(C)N3CCN(C(C)(C)C)CC3)C2)C1. The highest BCUT2D eigenvalue weighted by molar-refractivity contribution is 4.99. The van der Waals surface area contributed by atoms with Gasteiger partial charge in [-0.05, 0) is 149 Å². The van der Waals surface area contributed by atoms with Crippen molar-refractivity contribution in [3.05, 3.63) is 0 Å². The van der Waals surface area contributed by atoms with Gasteiger partial charge in [-0.25, -0.2) is 0 Å². The van der Waals surface area contributed by atoms with Crippen LogP contribution in [0.2, 0.25) is 0 Å². The second-order valence-corrected chi connectivity index (χ2v) is 22.8. The quantitative estimate of drug-likeness (QED) is 0.193. The van der Waals surface area contributed by atoms with Gasteiger partial charge in [0.25, 0.3) is 0 Å². The fourth-order valence-electron chi connectivity index (χ4n) is 10.3. The molecule has 0 aromatic carbocycles. The molecule has 0 unspecified atom stereocenters. The van der Waals surface area contributed by atoms with Gasteiger partial charge < -0.3 is 4.90 Å². The van der Waals surface area contributed by atoms with Gasteiger partial charge in [0.15, 0.2) is 0 Å². The molecule has 1 atom stereocenters. The van der Waals surface area contributed by atoms with Crippen molar-refractivity contribution in [2.75, 3.05) is 85.1 Å². The zero-order chi connectivity index (χ0) is 36.9. The fourth-order valence-corrected chi connectivity index (χ4v) is 10.3. The molecule has 0 amide bonds. The van der Waals surface area contributed by atoms with Crippen LogP contribution in [0.25, 0.3) is 0 Å². The van der Waals surface area contributed by atoms with Gasteiger partial charge in [-0.3, -0.25) is 24.5 Å². The standard InChI is InChI=1S/C44H86N6/c1-39(2,3)47-23-16-38(17-24-47)46-33-37(34-46)42(9,10)19-18-41(7,8)36-31-45(32-36)29-35-15-22-50(30-35)44(13,14)21-20-43(11,12)49-27-25-48(26-28-49)40(4,5)6/h35-38H,15-34H2,1-14H3/t35-/m0/s1. The Kier molecular flexibility index (Phi) is 12.4. The Labute approximate surface area is 312 Å². The smallest absolute Gasteiger partial charge is 0.0155 e. The summed E-state index contributed by atoms with van der Waals surface area (Å²) in [5.41, 5.74) is 2.08. The van der Waals surface area contributed by atoms with Crippen LogP contribution >= 0.6 is 0 Å². The van der Waals surface area contributed by atoms with E-state index in [0.29, 0.717) is 16.4 Å². The Morgan fingerprint density at radius 2 is 0.840 bits per heavy atom. The number of piperidine rings is 1. The van der Waals surface area contributed by atoms with Crippen LogP contribution in [0.5, 0.6) is 0 Å². The number of hydrogen-bond acceptors (Lipinski definition) is 6. The van der Waals surface area contributed by atoms with E-state index in [0.717, 1.165) is 23.8 Å². The molecule has 0 aromatic rings. The van der Waals surface area contributed by atoms with E-state index in [1.54, 1.807) is 0 Å². The highest BCUT2D eigenvalue weighted by atomic mass is 15.3. The molecule has 5 fully saturated rings. The van der Waals surface area contributed by atoms with E-state index in [4.69, 9.17) is 0 Å². The summed E-state index contributed by atoms with van der Waals surface area (Å²) in [7, 11) is 0. The summed E-state index contributed by atoms with van der Waals surface area (Å²) in [4.78, 5) is 16.6. The first kappa shape index (κ1) is 40.9. The zero-order valence-electron chi connectivity index (χ0n) is 36.1. The van der Waals surface area contributed by atoms with Crippen molar-refractivity contribution in [3.63, 3.8) is 0 Å². The lowest BCUT2D eigenvalue weighted by molar-refractivity contribution is -0.0517. The average molecular weight is 699 g/mol. The van der Waals surface area contributed by atoms with E-state index >= 15 is 0 Å². The predicted molar refractivity (Wildman–Crippen MR) is 216 cm³/mol. The van der Waals surface area contributed by atoms with E-state index in [1.807, 2.05) is 0 Å². The number of hydrogen-bond donors (Lipinski definition) is 0. The van der Waals surface area contributed by atoms with Gasteiger partial charge in [0.05, 0.1) is 0 Å². The van der Waals surface area contributed by atoms with Gasteiger partial charge in [-0.2, -0.15) is 0 Å². The molecular formula is C44H86N6. The minimum atomic E-state index is 0.275. The number of piperazine rings is 1. The first-order chi connectivity index (χ1) is 23.0. The van der Waals surface area contributed by atoms with Crippen LogP contribution in [0.1, 0.15) is 142 Å². The van der Waals surface area contributed by atoms with E-state index in [2.05, 4.69) is 126 Å². The second kappa shape index (κ2) is 15.1. The van der Waals surface area contributed by atoms with Gasteiger partial charge in [0, 0.05) is 107 Å². The Hall–Kier alpha value is -0.240. The first-order valence-electron chi connectivity index (χ1n) is 21.4. The molecule has 292 valence electrons. The maximum Gasteiger partial charge on any atom is 0.0155 e. The molecule has 50 heavy (non-hydrogen) atoms. The van der Waals surface area contributed by atoms with Crippen LogP contribution < -0.4 is 0 Å². The third kappa shape index (κ3) is 9.89. The van der Waals surface area contributed by atoms with E-state index < -0.39 is 0 Å². The predicted octanol–water partition coefficient (Wildman–Crippen LogP) is 8.02. The van der Waals surface area contributed by atoms with E-state index in [1.165, 1.54) is 130 Å². The number of likely N-dealkylation sites (tertiary alicyclic amines) is 4. The molecule has 0 aliphatic carbocycles. The molecule has 5 rings (SSSR count). The maximum absolute atomic E-state index is 2.85. The molecule has 6 heteroatoms. The largest absolute Gasteiger partial charge is 0.302 e. The molecule has 6 nitrogen and oxygen atoms in total. The summed E-state index contributed by atoms with van der Waals surface area (Å²) in [5, 5.41) is 0. The highest BCUT2D eigenvalue weighted by Crippen LogP contribution is 2.46. The van der Waals surface area contributed by atoms with Crippen LogP contribution in [0.15, 0.2) is 0 Å². The van der Waals surface area contributed by atoms with Crippen LogP contribution in [0.3, 0.4) is 0 Å². The van der Waals surface area contributed by atoms with Gasteiger partial charge in [0.2, 0.25) is 0 Å². The van der Waals surface area contributed by atoms with E-state index in [9.17, 15) is 0 Å². The van der Waals surface area contributed by atoms with Gasteiger partial charge in [-0.1, -0.05) is 27.7 Å². The molecular weight excluding hydrogens is 613 g/mol. The molecule has 5 aliphatic heterocycles. The molecule has 0 saturated carbocycles. The Morgan fingerprint density at radius 3 is 1.34 bits per heavy atom. The van der Waals surface area contributed by atoms with Crippen molar-refractivity contribution < 1.29 is 0 Å². The van der Waals surface area contributed by atoms with Gasteiger partial charge >= 0.3 is 0 Å². The Balaban J connectivity index is 0.975. The molecule has 0 spiro atoms. The van der Waals surface area contributed by atoms with Gasteiger partial charge in [0.1, 0.15) is 0 Å². The maximum atomic E-state index is 2.85. The van der Waals surface area contributed by atoms with Crippen molar-refractivity contribution in [1.29, 1.82) is 0 Å². The molecule has 0 N–H and O–H groups in total. The van der Waals surface area contributed by atoms with Crippen LogP contribution in [0, 0.1) is 28.6 Å². The topological polar surface area (TPSA) is 19.4 Å². The molecule has 5 heterocycles. The summed E-state index contributed by atoms with van der Waals surface area (Å²) < 4.78 is 0. The van der Waals surface area contributed by atoms with Gasteiger partial charge in [-0.15, -0.1) is 0 Å². The molecule has 0 aromatic heterocycles. The molecule has 5 aliphatic rings. The Bertz CT molecular complexity index is 1070. The van der Waals surface area contributed by atoms with E-state index in [-0.39, 0.29) is 16.6 Å². The van der Waals surface area contributed by atoms with Crippen LogP contribution in [-0.4, -0.2) is 143 Å². The third-order valence-electron chi connectivity index (χ3n) is 15.5.